The summed E-state index contributed by atoms with van der Waals surface area (Å²) in [4.78, 5) is 16.4. The topological polar surface area (TPSA) is 47.6 Å². The quantitative estimate of drug-likeness (QED) is 0.840. The van der Waals surface area contributed by atoms with Crippen molar-refractivity contribution in [3.63, 3.8) is 0 Å². The van der Waals surface area contributed by atoms with Crippen molar-refractivity contribution < 1.29 is 14.4 Å². The second-order valence-corrected chi connectivity index (χ2v) is 4.13. The summed E-state index contributed by atoms with van der Waals surface area (Å²) in [5.41, 5.74) is 3.33. The number of hydrogen-bond acceptors (Lipinski definition) is 3. The summed E-state index contributed by atoms with van der Waals surface area (Å²) in [7, 11) is 1.62. The first-order valence-electron chi connectivity index (χ1n) is 6.21. The number of nitrogens with one attached hydrogen (secondary N) is 1. The fraction of sp³-hybridized carbons (Fsp3) is 0.267. The van der Waals surface area contributed by atoms with Gasteiger partial charge in [-0.05, 0) is 16.8 Å². The molecule has 0 saturated heterocycles. The van der Waals surface area contributed by atoms with Crippen LogP contribution in [0.2, 0.25) is 0 Å². The van der Waals surface area contributed by atoms with Crippen LogP contribution in [0.25, 0.3) is 10.8 Å². The van der Waals surface area contributed by atoms with E-state index >= 15 is 0 Å². The number of methoxy groups -OCH3 is 1. The fourth-order valence-corrected chi connectivity index (χ4v) is 1.92. The Morgan fingerprint density at radius 2 is 2.00 bits per heavy atom. The highest BCUT2D eigenvalue weighted by Gasteiger charge is 2.09. The predicted molar refractivity (Wildman–Crippen MR) is 73.7 cm³/mol. The predicted octanol–water partition coefficient (Wildman–Crippen LogP) is 2.81. The Kier molecular flexibility index (Phi) is 4.36. The lowest BCUT2D eigenvalue weighted by atomic mass is 10.0. The van der Waals surface area contributed by atoms with Crippen LogP contribution in [0, 0.1) is 0 Å². The summed E-state index contributed by atoms with van der Waals surface area (Å²) in [6.07, 6.45) is 0.396. The number of hydroxylamine groups is 1. The molecule has 19 heavy (non-hydrogen) atoms. The molecular formula is C15H17NO3. The number of ether oxygens (including phenoxy) is 1. The summed E-state index contributed by atoms with van der Waals surface area (Å²) >= 11 is 0. The highest BCUT2D eigenvalue weighted by molar-refractivity contribution is 5.87. The molecule has 0 aliphatic heterocycles. The number of fused-ring (bicyclic) bond motifs is 1. The van der Waals surface area contributed by atoms with E-state index in [9.17, 15) is 4.79 Å². The summed E-state index contributed by atoms with van der Waals surface area (Å²) in [6.45, 7) is 2.05. The first-order valence-corrected chi connectivity index (χ1v) is 6.21. The van der Waals surface area contributed by atoms with E-state index in [0.717, 1.165) is 22.1 Å². The zero-order valence-electron chi connectivity index (χ0n) is 11.1. The van der Waals surface area contributed by atoms with E-state index < -0.39 is 0 Å². The van der Waals surface area contributed by atoms with Crippen LogP contribution in [0.15, 0.2) is 36.4 Å². The Morgan fingerprint density at radius 3 is 2.74 bits per heavy atom. The smallest absolute Gasteiger partial charge is 0.243 e. The molecular weight excluding hydrogens is 242 g/mol. The molecule has 2 aromatic carbocycles. The first-order chi connectivity index (χ1) is 9.26. The second kappa shape index (κ2) is 6.20. The van der Waals surface area contributed by atoms with Crippen molar-refractivity contribution >= 4 is 16.7 Å². The highest BCUT2D eigenvalue weighted by Crippen LogP contribution is 2.28. The Bertz CT molecular complexity index is 581. The molecule has 4 nitrogen and oxygen atoms in total. The highest BCUT2D eigenvalue weighted by atomic mass is 16.7. The molecule has 100 valence electrons. The van der Waals surface area contributed by atoms with Gasteiger partial charge in [0.1, 0.15) is 12.4 Å². The molecule has 0 aromatic heterocycles. The molecule has 0 saturated carbocycles. The number of hydrogen-bond donors (Lipinski definition) is 1. The minimum atomic E-state index is -0.140. The summed E-state index contributed by atoms with van der Waals surface area (Å²) in [5, 5.41) is 2.18. The molecule has 1 N–H and O–H groups in total. The van der Waals surface area contributed by atoms with Gasteiger partial charge in [0.15, 0.2) is 0 Å². The number of benzene rings is 2. The molecule has 0 fully saturated rings. The van der Waals surface area contributed by atoms with Crippen LogP contribution in [-0.2, 0) is 16.2 Å². The lowest BCUT2D eigenvalue weighted by Crippen LogP contribution is -2.22. The van der Waals surface area contributed by atoms with Crippen molar-refractivity contribution in [1.29, 1.82) is 0 Å². The van der Waals surface area contributed by atoms with E-state index in [4.69, 9.17) is 9.57 Å². The third-order valence-corrected chi connectivity index (χ3v) is 2.94. The van der Waals surface area contributed by atoms with Gasteiger partial charge in [-0.15, -0.1) is 0 Å². The molecule has 2 aromatic rings. The van der Waals surface area contributed by atoms with Gasteiger partial charge in [-0.3, -0.25) is 9.63 Å². The third-order valence-electron chi connectivity index (χ3n) is 2.94. The third kappa shape index (κ3) is 3.03. The van der Waals surface area contributed by atoms with Crippen molar-refractivity contribution in [2.45, 2.75) is 20.0 Å². The van der Waals surface area contributed by atoms with Crippen LogP contribution in [-0.4, -0.2) is 13.0 Å². The van der Waals surface area contributed by atoms with Gasteiger partial charge in [0.05, 0.1) is 7.11 Å². The summed E-state index contributed by atoms with van der Waals surface area (Å²) < 4.78 is 5.34. The van der Waals surface area contributed by atoms with E-state index in [-0.39, 0.29) is 12.5 Å². The van der Waals surface area contributed by atoms with Gasteiger partial charge >= 0.3 is 0 Å². The maximum absolute atomic E-state index is 11.2. The van der Waals surface area contributed by atoms with Crippen LogP contribution in [0.1, 0.15) is 18.9 Å². The number of carbonyl (C=O) groups excluding carboxylic acids is 1. The Labute approximate surface area is 112 Å². The number of carbonyl (C=O) groups is 1. The Morgan fingerprint density at radius 1 is 1.21 bits per heavy atom. The van der Waals surface area contributed by atoms with Crippen molar-refractivity contribution in [2.24, 2.45) is 0 Å². The van der Waals surface area contributed by atoms with Crippen molar-refractivity contribution in [2.75, 3.05) is 7.11 Å². The Balaban J connectivity index is 2.26. The van der Waals surface area contributed by atoms with E-state index in [1.54, 1.807) is 14.0 Å². The lowest BCUT2D eigenvalue weighted by Gasteiger charge is -2.12. The second-order valence-electron chi connectivity index (χ2n) is 4.13. The number of rotatable bonds is 5. The van der Waals surface area contributed by atoms with Gasteiger partial charge in [-0.2, -0.15) is 0 Å². The van der Waals surface area contributed by atoms with Crippen molar-refractivity contribution in [1.82, 2.24) is 5.48 Å². The fourth-order valence-electron chi connectivity index (χ4n) is 1.92. The monoisotopic (exact) mass is 259 g/mol. The Hall–Kier alpha value is -2.07. The minimum Gasteiger partial charge on any atom is -0.496 e. The van der Waals surface area contributed by atoms with E-state index in [1.165, 1.54) is 0 Å². The van der Waals surface area contributed by atoms with Gasteiger partial charge in [0.25, 0.3) is 0 Å². The van der Waals surface area contributed by atoms with Gasteiger partial charge in [0.2, 0.25) is 5.91 Å². The molecule has 0 unspecified atom stereocenters. The zero-order valence-corrected chi connectivity index (χ0v) is 11.1. The first kappa shape index (κ1) is 13.4. The maximum atomic E-state index is 11.2. The van der Waals surface area contributed by atoms with Gasteiger partial charge < -0.3 is 4.74 Å². The van der Waals surface area contributed by atoms with E-state index in [2.05, 4.69) is 5.48 Å². The van der Waals surface area contributed by atoms with Crippen molar-refractivity contribution in [3.8, 4) is 5.75 Å². The standard InChI is InChI=1S/C15H17NO3/c1-3-15(17)16-19-10-13-12-7-5-4-6-11(12)8-9-14(13)18-2/h4-9H,3,10H2,1-2H3,(H,16,17). The molecule has 0 spiro atoms. The molecule has 0 aliphatic carbocycles. The van der Waals surface area contributed by atoms with E-state index in [0.29, 0.717) is 6.42 Å². The van der Waals surface area contributed by atoms with Gasteiger partial charge in [-0.1, -0.05) is 37.3 Å². The average molecular weight is 259 g/mol. The number of amides is 1. The normalized spacial score (nSPS) is 10.4. The van der Waals surface area contributed by atoms with E-state index in [1.807, 2.05) is 36.4 Å². The van der Waals surface area contributed by atoms with Crippen LogP contribution in [0.5, 0.6) is 5.75 Å². The SMILES string of the molecule is CCC(=O)NOCc1c(OC)ccc2ccccc12. The summed E-state index contributed by atoms with van der Waals surface area (Å²) in [6, 6.07) is 11.9. The average Bonchev–Trinajstić information content (AvgIpc) is 2.47. The van der Waals surface area contributed by atoms with Crippen LogP contribution >= 0.6 is 0 Å². The van der Waals surface area contributed by atoms with Crippen LogP contribution < -0.4 is 10.2 Å². The van der Waals surface area contributed by atoms with Gasteiger partial charge in [0, 0.05) is 12.0 Å². The molecule has 0 aliphatic rings. The minimum absolute atomic E-state index is 0.140. The lowest BCUT2D eigenvalue weighted by molar-refractivity contribution is -0.134. The molecule has 0 heterocycles. The molecule has 2 rings (SSSR count). The molecule has 1 amide bonds. The van der Waals surface area contributed by atoms with Crippen LogP contribution in [0.3, 0.4) is 0 Å². The molecule has 0 radical (unpaired) electrons. The molecule has 0 atom stereocenters. The van der Waals surface area contributed by atoms with Crippen LogP contribution in [0.4, 0.5) is 0 Å². The summed E-state index contributed by atoms with van der Waals surface area (Å²) in [5.74, 6) is 0.614. The zero-order chi connectivity index (χ0) is 13.7. The molecule has 4 heteroatoms. The van der Waals surface area contributed by atoms with Crippen molar-refractivity contribution in [3.05, 3.63) is 42.0 Å². The van der Waals surface area contributed by atoms with Gasteiger partial charge in [-0.25, -0.2) is 5.48 Å². The maximum Gasteiger partial charge on any atom is 0.243 e. The largest absolute Gasteiger partial charge is 0.496 e. The molecule has 0 bridgehead atoms.